The normalized spacial score (nSPS) is 11.8. The Morgan fingerprint density at radius 1 is 0.960 bits per heavy atom. The summed E-state index contributed by atoms with van der Waals surface area (Å²) < 4.78 is 25.9. The van der Waals surface area contributed by atoms with Gasteiger partial charge in [0.05, 0.1) is 19.8 Å². The van der Waals surface area contributed by atoms with E-state index in [-0.39, 0.29) is 19.2 Å². The molecule has 0 aromatic heterocycles. The van der Waals surface area contributed by atoms with Gasteiger partial charge in [0.2, 0.25) is 6.79 Å². The van der Waals surface area contributed by atoms with E-state index in [0.29, 0.717) is 34.1 Å². The molecule has 2 aromatic rings. The summed E-state index contributed by atoms with van der Waals surface area (Å²) in [7, 11) is 2.74. The van der Waals surface area contributed by atoms with Crippen LogP contribution in [0.15, 0.2) is 36.4 Å². The van der Waals surface area contributed by atoms with E-state index in [2.05, 4.69) is 4.74 Å². The molecule has 2 aromatic carbocycles. The molecule has 7 nitrogen and oxygen atoms in total. The van der Waals surface area contributed by atoms with Crippen molar-refractivity contribution >= 4 is 11.8 Å². The lowest BCUT2D eigenvalue weighted by molar-refractivity contribution is 0.0600. The maximum Gasteiger partial charge on any atom is 0.337 e. The van der Waals surface area contributed by atoms with Crippen LogP contribution >= 0.6 is 0 Å². The van der Waals surface area contributed by atoms with Gasteiger partial charge in [-0.2, -0.15) is 0 Å². The number of benzene rings is 2. The predicted molar refractivity (Wildman–Crippen MR) is 86.7 cm³/mol. The van der Waals surface area contributed by atoms with Crippen LogP contribution in [-0.2, 0) is 4.74 Å². The van der Waals surface area contributed by atoms with Crippen LogP contribution in [0.5, 0.6) is 23.0 Å². The van der Waals surface area contributed by atoms with Crippen molar-refractivity contribution in [2.75, 3.05) is 27.6 Å². The van der Waals surface area contributed by atoms with Crippen molar-refractivity contribution in [2.24, 2.45) is 0 Å². The first-order chi connectivity index (χ1) is 12.1. The molecule has 1 heterocycles. The van der Waals surface area contributed by atoms with Gasteiger partial charge in [-0.05, 0) is 36.4 Å². The van der Waals surface area contributed by atoms with Crippen LogP contribution in [0.4, 0.5) is 0 Å². The molecule has 0 bridgehead atoms. The summed E-state index contributed by atoms with van der Waals surface area (Å²) in [5.41, 5.74) is 0.781. The minimum Gasteiger partial charge on any atom is -0.493 e. The van der Waals surface area contributed by atoms with Crippen molar-refractivity contribution in [1.29, 1.82) is 0 Å². The van der Waals surface area contributed by atoms with Gasteiger partial charge in [0, 0.05) is 5.56 Å². The highest BCUT2D eigenvalue weighted by atomic mass is 16.7. The molecule has 3 rings (SSSR count). The van der Waals surface area contributed by atoms with Gasteiger partial charge in [0.1, 0.15) is 0 Å². The summed E-state index contributed by atoms with van der Waals surface area (Å²) in [6.45, 7) is -0.0409. The molecule has 0 saturated carbocycles. The van der Waals surface area contributed by atoms with Gasteiger partial charge in [0.25, 0.3) is 0 Å². The Morgan fingerprint density at radius 2 is 1.72 bits per heavy atom. The highest BCUT2D eigenvalue weighted by molar-refractivity contribution is 5.98. The number of carbonyl (C=O) groups excluding carboxylic acids is 2. The Hall–Kier alpha value is -3.22. The highest BCUT2D eigenvalue weighted by Crippen LogP contribution is 2.33. The van der Waals surface area contributed by atoms with Gasteiger partial charge in [-0.25, -0.2) is 4.79 Å². The zero-order chi connectivity index (χ0) is 17.8. The van der Waals surface area contributed by atoms with Gasteiger partial charge >= 0.3 is 5.97 Å². The Balaban J connectivity index is 1.70. The summed E-state index contributed by atoms with van der Waals surface area (Å²) in [5, 5.41) is 0. The Morgan fingerprint density at radius 3 is 2.48 bits per heavy atom. The van der Waals surface area contributed by atoms with Crippen molar-refractivity contribution in [3.63, 3.8) is 0 Å². The first-order valence-electron chi connectivity index (χ1n) is 7.44. The van der Waals surface area contributed by atoms with E-state index in [1.165, 1.54) is 26.4 Å². The minimum absolute atomic E-state index is 0.146. The standard InChI is InChI=1S/C18H16O7/c1-21-16-8-12(18(20)22-2)4-6-14(16)23-9-13(19)11-3-5-15-17(7-11)25-10-24-15/h3-8H,9-10H2,1-2H3. The average Bonchev–Trinajstić information content (AvgIpc) is 3.13. The number of Topliss-reactive ketones (excluding diaryl/α,β-unsaturated/α-hetero) is 1. The molecule has 0 amide bonds. The molecule has 0 N–H and O–H groups in total. The average molecular weight is 344 g/mol. The fourth-order valence-corrected chi connectivity index (χ4v) is 2.33. The molecule has 25 heavy (non-hydrogen) atoms. The smallest absolute Gasteiger partial charge is 0.337 e. The molecule has 0 aliphatic carbocycles. The van der Waals surface area contributed by atoms with E-state index in [1.807, 2.05) is 0 Å². The quantitative estimate of drug-likeness (QED) is 0.588. The Bertz CT molecular complexity index is 813. The maximum atomic E-state index is 12.3. The maximum absolute atomic E-state index is 12.3. The van der Waals surface area contributed by atoms with Gasteiger partial charge in [-0.1, -0.05) is 0 Å². The van der Waals surface area contributed by atoms with Crippen LogP contribution in [-0.4, -0.2) is 39.4 Å². The molecule has 0 radical (unpaired) electrons. The Kier molecular flexibility index (Phi) is 4.74. The molecule has 0 unspecified atom stereocenters. The molecular formula is C18H16O7. The van der Waals surface area contributed by atoms with E-state index in [0.717, 1.165) is 0 Å². The van der Waals surface area contributed by atoms with Crippen LogP contribution in [0.1, 0.15) is 20.7 Å². The lowest BCUT2D eigenvalue weighted by Crippen LogP contribution is -2.12. The number of hydrogen-bond donors (Lipinski definition) is 0. The van der Waals surface area contributed by atoms with Crippen molar-refractivity contribution in [2.45, 2.75) is 0 Å². The number of ketones is 1. The van der Waals surface area contributed by atoms with Crippen molar-refractivity contribution in [1.82, 2.24) is 0 Å². The van der Waals surface area contributed by atoms with Crippen LogP contribution in [0.2, 0.25) is 0 Å². The SMILES string of the molecule is COC(=O)c1ccc(OCC(=O)c2ccc3c(c2)OCO3)c(OC)c1. The monoisotopic (exact) mass is 344 g/mol. The lowest BCUT2D eigenvalue weighted by atomic mass is 10.1. The zero-order valence-corrected chi connectivity index (χ0v) is 13.7. The largest absolute Gasteiger partial charge is 0.493 e. The van der Waals surface area contributed by atoms with Gasteiger partial charge < -0.3 is 23.7 Å². The van der Waals surface area contributed by atoms with E-state index < -0.39 is 5.97 Å². The fourth-order valence-electron chi connectivity index (χ4n) is 2.33. The molecule has 0 spiro atoms. The number of carbonyl (C=O) groups is 2. The summed E-state index contributed by atoms with van der Waals surface area (Å²) >= 11 is 0. The van der Waals surface area contributed by atoms with Gasteiger partial charge in [-0.15, -0.1) is 0 Å². The molecule has 0 fully saturated rings. The number of rotatable bonds is 6. The van der Waals surface area contributed by atoms with E-state index in [4.69, 9.17) is 18.9 Å². The first kappa shape index (κ1) is 16.6. The summed E-state index contributed by atoms with van der Waals surface area (Å²) in [5.74, 6) is 1.12. The van der Waals surface area contributed by atoms with Gasteiger partial charge in [-0.3, -0.25) is 4.79 Å². The van der Waals surface area contributed by atoms with E-state index >= 15 is 0 Å². The minimum atomic E-state index is -0.485. The summed E-state index contributed by atoms with van der Waals surface area (Å²) in [4.78, 5) is 23.8. The van der Waals surface area contributed by atoms with E-state index in [9.17, 15) is 9.59 Å². The fraction of sp³-hybridized carbons (Fsp3) is 0.222. The number of methoxy groups -OCH3 is 2. The number of ether oxygens (including phenoxy) is 5. The topological polar surface area (TPSA) is 80.3 Å². The Labute approximate surface area is 144 Å². The second-order valence-electron chi connectivity index (χ2n) is 5.14. The third kappa shape index (κ3) is 3.50. The van der Waals surface area contributed by atoms with Crippen LogP contribution in [0.25, 0.3) is 0 Å². The number of hydrogen-bond acceptors (Lipinski definition) is 7. The second-order valence-corrected chi connectivity index (χ2v) is 5.14. The van der Waals surface area contributed by atoms with Crippen LogP contribution in [0.3, 0.4) is 0 Å². The van der Waals surface area contributed by atoms with Gasteiger partial charge in [0.15, 0.2) is 35.4 Å². The summed E-state index contributed by atoms with van der Waals surface area (Å²) in [6, 6.07) is 9.53. The third-order valence-electron chi connectivity index (χ3n) is 3.64. The van der Waals surface area contributed by atoms with Crippen molar-refractivity contribution < 1.29 is 33.3 Å². The first-order valence-corrected chi connectivity index (χ1v) is 7.44. The molecule has 1 aliphatic rings. The molecule has 130 valence electrons. The zero-order valence-electron chi connectivity index (χ0n) is 13.7. The number of esters is 1. The van der Waals surface area contributed by atoms with Crippen molar-refractivity contribution in [3.05, 3.63) is 47.5 Å². The highest BCUT2D eigenvalue weighted by Gasteiger charge is 2.17. The second kappa shape index (κ2) is 7.12. The third-order valence-corrected chi connectivity index (χ3v) is 3.64. The lowest BCUT2D eigenvalue weighted by Gasteiger charge is -2.11. The van der Waals surface area contributed by atoms with Crippen molar-refractivity contribution in [3.8, 4) is 23.0 Å². The van der Waals surface area contributed by atoms with E-state index in [1.54, 1.807) is 24.3 Å². The summed E-state index contributed by atoms with van der Waals surface area (Å²) in [6.07, 6.45) is 0. The number of fused-ring (bicyclic) bond motifs is 1. The predicted octanol–water partition coefficient (Wildman–Crippen LogP) is 2.47. The van der Waals surface area contributed by atoms with Crippen LogP contribution in [0, 0.1) is 0 Å². The molecule has 0 atom stereocenters. The molecule has 7 heteroatoms. The molecular weight excluding hydrogens is 328 g/mol. The molecule has 1 aliphatic heterocycles. The molecule has 0 saturated heterocycles. The van der Waals surface area contributed by atoms with Crippen LogP contribution < -0.4 is 18.9 Å².